The number of hydrogen-bond acceptors (Lipinski definition) is 5. The van der Waals surface area contributed by atoms with E-state index in [0.29, 0.717) is 33.3 Å². The number of carbonyl (C=O) groups excluding carboxylic acids is 1. The molecule has 1 unspecified atom stereocenters. The van der Waals surface area contributed by atoms with Crippen LogP contribution in [0.3, 0.4) is 0 Å². The first kappa shape index (κ1) is 24.8. The van der Waals surface area contributed by atoms with Gasteiger partial charge in [0.2, 0.25) is 0 Å². The van der Waals surface area contributed by atoms with Gasteiger partial charge >= 0.3 is 0 Å². The number of benzene rings is 2. The third kappa shape index (κ3) is 6.37. The van der Waals surface area contributed by atoms with Crippen LogP contribution in [0.5, 0.6) is 0 Å². The van der Waals surface area contributed by atoms with E-state index < -0.39 is 6.10 Å². The minimum atomic E-state index is -0.624. The molecule has 0 aliphatic heterocycles. The summed E-state index contributed by atoms with van der Waals surface area (Å²) in [6.07, 6.45) is 0.974. The Hall–Kier alpha value is -2.82. The predicted octanol–water partition coefficient (Wildman–Crippen LogP) is 3.96. The number of rotatable bonds is 7. The van der Waals surface area contributed by atoms with Crippen LogP contribution in [0.15, 0.2) is 42.6 Å². The third-order valence-corrected chi connectivity index (χ3v) is 5.82. The molecular formula is C25H26Cl2N4O2. The number of amides is 1. The lowest BCUT2D eigenvalue weighted by atomic mass is 10.1. The Morgan fingerprint density at radius 1 is 1.15 bits per heavy atom. The van der Waals surface area contributed by atoms with Crippen molar-refractivity contribution in [2.45, 2.75) is 20.0 Å². The molecule has 0 aliphatic carbocycles. The van der Waals surface area contributed by atoms with Crippen LogP contribution in [0.25, 0.3) is 10.8 Å². The highest BCUT2D eigenvalue weighted by Gasteiger charge is 2.12. The maximum Gasteiger partial charge on any atom is 0.251 e. The fraction of sp³-hybridized carbons (Fsp3) is 0.280. The number of halogens is 2. The number of nitrogens with two attached hydrogens (primary N) is 1. The lowest BCUT2D eigenvalue weighted by Gasteiger charge is -2.22. The second-order valence-corrected chi connectivity index (χ2v) is 8.39. The van der Waals surface area contributed by atoms with Crippen molar-refractivity contribution < 1.29 is 9.90 Å². The highest BCUT2D eigenvalue weighted by molar-refractivity contribution is 6.38. The number of nitrogens with one attached hydrogen (secondary N) is 1. The quantitative estimate of drug-likeness (QED) is 0.441. The lowest BCUT2D eigenvalue weighted by Crippen LogP contribution is -2.40. The SMILES string of the molecule is CCN(CC)CC(O)CNC(=O)c1ccc(C#Cc2c(N)ncc3c(Cl)cc(Cl)cc23)cc1. The van der Waals surface area contributed by atoms with Gasteiger partial charge in [0.15, 0.2) is 0 Å². The van der Waals surface area contributed by atoms with Gasteiger partial charge in [0.05, 0.1) is 16.7 Å². The van der Waals surface area contributed by atoms with E-state index in [1.807, 2.05) is 13.8 Å². The topological polar surface area (TPSA) is 91.5 Å². The Morgan fingerprint density at radius 3 is 2.52 bits per heavy atom. The van der Waals surface area contributed by atoms with Gasteiger partial charge in [-0.1, -0.05) is 48.9 Å². The van der Waals surface area contributed by atoms with Crippen LogP contribution in [-0.2, 0) is 0 Å². The first-order valence-electron chi connectivity index (χ1n) is 10.7. The number of likely N-dealkylation sites (N-methyl/N-ethyl adjacent to an activating group) is 1. The van der Waals surface area contributed by atoms with Crippen molar-refractivity contribution in [1.29, 1.82) is 0 Å². The molecule has 0 radical (unpaired) electrons. The minimum absolute atomic E-state index is 0.190. The van der Waals surface area contributed by atoms with E-state index in [0.717, 1.165) is 23.9 Å². The summed E-state index contributed by atoms with van der Waals surface area (Å²) < 4.78 is 0. The Kier molecular flexibility index (Phi) is 8.54. The highest BCUT2D eigenvalue weighted by atomic mass is 35.5. The molecule has 0 saturated heterocycles. The van der Waals surface area contributed by atoms with Crippen molar-refractivity contribution >= 4 is 45.7 Å². The molecule has 6 nitrogen and oxygen atoms in total. The number of aliphatic hydroxyl groups is 1. The molecule has 0 saturated carbocycles. The number of nitrogens with zero attached hydrogens (tertiary/aromatic N) is 2. The van der Waals surface area contributed by atoms with Crippen LogP contribution in [0, 0.1) is 11.8 Å². The second kappa shape index (κ2) is 11.4. The molecule has 3 aromatic rings. The van der Waals surface area contributed by atoms with Gasteiger partial charge in [-0.3, -0.25) is 4.79 Å². The zero-order chi connectivity index (χ0) is 24.0. The maximum atomic E-state index is 12.4. The Labute approximate surface area is 203 Å². The molecule has 2 aromatic carbocycles. The standard InChI is InChI=1S/C25H26Cl2N4O2/c1-3-31(4-2)15-19(32)13-30-25(33)17-8-5-16(6-9-17)7-10-20-21-11-18(26)12-23(27)22(21)14-29-24(20)28/h5-6,8-9,11-12,14,19,32H,3-4,13,15H2,1-2H3,(H2,28,29)(H,30,33). The molecule has 0 bridgehead atoms. The van der Waals surface area contributed by atoms with Crippen LogP contribution in [-0.4, -0.2) is 53.2 Å². The summed E-state index contributed by atoms with van der Waals surface area (Å²) in [5, 5.41) is 15.3. The largest absolute Gasteiger partial charge is 0.390 e. The molecule has 1 atom stereocenters. The van der Waals surface area contributed by atoms with Crippen molar-refractivity contribution in [3.05, 3.63) is 69.3 Å². The smallest absolute Gasteiger partial charge is 0.251 e. The van der Waals surface area contributed by atoms with Crippen LogP contribution in [0.4, 0.5) is 5.82 Å². The fourth-order valence-electron chi connectivity index (χ4n) is 3.39. The molecule has 1 amide bonds. The molecule has 33 heavy (non-hydrogen) atoms. The first-order valence-corrected chi connectivity index (χ1v) is 11.4. The molecule has 0 fully saturated rings. The van der Waals surface area contributed by atoms with E-state index in [2.05, 4.69) is 27.0 Å². The average Bonchev–Trinajstić information content (AvgIpc) is 2.80. The first-order chi connectivity index (χ1) is 15.8. The van der Waals surface area contributed by atoms with E-state index in [-0.39, 0.29) is 18.3 Å². The Balaban J connectivity index is 1.71. The summed E-state index contributed by atoms with van der Waals surface area (Å²) in [7, 11) is 0. The fourth-order valence-corrected chi connectivity index (χ4v) is 3.93. The molecule has 3 rings (SSSR count). The Morgan fingerprint density at radius 2 is 1.85 bits per heavy atom. The van der Waals surface area contributed by atoms with Crippen LogP contribution in [0.2, 0.25) is 10.0 Å². The number of carbonyl (C=O) groups is 1. The lowest BCUT2D eigenvalue weighted by molar-refractivity contribution is 0.0869. The number of aliphatic hydroxyl groups excluding tert-OH is 1. The van der Waals surface area contributed by atoms with E-state index in [4.69, 9.17) is 28.9 Å². The maximum absolute atomic E-state index is 12.4. The second-order valence-electron chi connectivity index (χ2n) is 7.54. The number of hydrogen-bond donors (Lipinski definition) is 3. The molecule has 1 aromatic heterocycles. The van der Waals surface area contributed by atoms with Crippen LogP contribution >= 0.6 is 23.2 Å². The van der Waals surface area contributed by atoms with Gasteiger partial charge in [-0.05, 0) is 49.5 Å². The van der Waals surface area contributed by atoms with Crippen molar-refractivity contribution in [2.75, 3.05) is 31.9 Å². The summed E-state index contributed by atoms with van der Waals surface area (Å²) in [5.74, 6) is 6.14. The van der Waals surface area contributed by atoms with Crippen molar-refractivity contribution in [2.24, 2.45) is 0 Å². The van der Waals surface area contributed by atoms with E-state index in [1.165, 1.54) is 0 Å². The molecule has 172 valence electrons. The number of anilines is 1. The van der Waals surface area contributed by atoms with Gasteiger partial charge in [0.1, 0.15) is 5.82 Å². The average molecular weight is 485 g/mol. The molecule has 4 N–H and O–H groups in total. The summed E-state index contributed by atoms with van der Waals surface area (Å²) >= 11 is 12.4. The number of fused-ring (bicyclic) bond motifs is 1. The highest BCUT2D eigenvalue weighted by Crippen LogP contribution is 2.31. The van der Waals surface area contributed by atoms with Crippen LogP contribution < -0.4 is 11.1 Å². The zero-order valence-electron chi connectivity index (χ0n) is 18.5. The van der Waals surface area contributed by atoms with E-state index in [1.54, 1.807) is 42.6 Å². The number of aromatic nitrogens is 1. The van der Waals surface area contributed by atoms with Crippen molar-refractivity contribution in [3.63, 3.8) is 0 Å². The van der Waals surface area contributed by atoms with Gasteiger partial charge in [-0.25, -0.2) is 4.98 Å². The van der Waals surface area contributed by atoms with Gasteiger partial charge < -0.3 is 21.1 Å². The molecule has 1 heterocycles. The summed E-state index contributed by atoms with van der Waals surface area (Å²) in [6, 6.07) is 10.3. The normalized spacial score (nSPS) is 11.8. The summed E-state index contributed by atoms with van der Waals surface area (Å²) in [5.41, 5.74) is 7.78. The van der Waals surface area contributed by atoms with E-state index >= 15 is 0 Å². The van der Waals surface area contributed by atoms with Gasteiger partial charge in [-0.2, -0.15) is 0 Å². The van der Waals surface area contributed by atoms with Gasteiger partial charge in [0, 0.05) is 46.2 Å². The number of pyridine rings is 1. The predicted molar refractivity (Wildman–Crippen MR) is 135 cm³/mol. The molecule has 8 heteroatoms. The number of nitrogen functional groups attached to an aromatic ring is 1. The molecular weight excluding hydrogens is 459 g/mol. The summed E-state index contributed by atoms with van der Waals surface area (Å²) in [6.45, 7) is 6.48. The monoisotopic (exact) mass is 484 g/mol. The van der Waals surface area contributed by atoms with E-state index in [9.17, 15) is 9.90 Å². The summed E-state index contributed by atoms with van der Waals surface area (Å²) in [4.78, 5) is 18.7. The zero-order valence-corrected chi connectivity index (χ0v) is 20.0. The molecule has 0 aliphatic rings. The third-order valence-electron chi connectivity index (χ3n) is 5.29. The molecule has 0 spiro atoms. The Bertz CT molecular complexity index is 1200. The van der Waals surface area contributed by atoms with Crippen molar-refractivity contribution in [3.8, 4) is 11.8 Å². The van der Waals surface area contributed by atoms with Gasteiger partial charge in [-0.15, -0.1) is 0 Å². The van der Waals surface area contributed by atoms with Crippen LogP contribution in [0.1, 0.15) is 35.3 Å². The van der Waals surface area contributed by atoms with Crippen molar-refractivity contribution in [1.82, 2.24) is 15.2 Å². The van der Waals surface area contributed by atoms with Gasteiger partial charge in [0.25, 0.3) is 5.91 Å². The minimum Gasteiger partial charge on any atom is -0.390 e.